The summed E-state index contributed by atoms with van der Waals surface area (Å²) in [7, 11) is 2.97. The molecule has 8 nitrogen and oxygen atoms in total. The van der Waals surface area contributed by atoms with Gasteiger partial charge in [-0.1, -0.05) is 12.1 Å². The van der Waals surface area contributed by atoms with Crippen LogP contribution >= 0.6 is 0 Å². The fraction of sp³-hybridized carbons (Fsp3) is 0.167. The molecule has 1 heterocycles. The van der Waals surface area contributed by atoms with Gasteiger partial charge in [-0.3, -0.25) is 19.6 Å². The number of hydrogen-bond acceptors (Lipinski definition) is 5. The number of benzene rings is 1. The van der Waals surface area contributed by atoms with Crippen LogP contribution in [-0.2, 0) is 7.05 Å². The zero-order valence-electron chi connectivity index (χ0n) is 10.9. The van der Waals surface area contributed by atoms with E-state index < -0.39 is 10.8 Å². The highest BCUT2D eigenvalue weighted by molar-refractivity contribution is 6.06. The molecule has 0 aliphatic carbocycles. The number of nitro groups is 1. The van der Waals surface area contributed by atoms with Gasteiger partial charge in [-0.25, -0.2) is 0 Å². The van der Waals surface area contributed by atoms with Crippen LogP contribution in [0.5, 0.6) is 5.75 Å². The summed E-state index contributed by atoms with van der Waals surface area (Å²) in [6.45, 7) is 0. The maximum atomic E-state index is 12.1. The fourth-order valence-corrected chi connectivity index (χ4v) is 1.70. The smallest absolute Gasteiger partial charge is 0.320 e. The van der Waals surface area contributed by atoms with Crippen molar-refractivity contribution in [1.82, 2.24) is 9.78 Å². The lowest BCUT2D eigenvalue weighted by atomic mass is 10.2. The summed E-state index contributed by atoms with van der Waals surface area (Å²) in [6.07, 6.45) is 1.18. The Morgan fingerprint density at radius 2 is 2.15 bits per heavy atom. The number of amides is 1. The van der Waals surface area contributed by atoms with Crippen LogP contribution in [-0.4, -0.2) is 27.7 Å². The lowest BCUT2D eigenvalue weighted by molar-refractivity contribution is -0.385. The third-order valence-corrected chi connectivity index (χ3v) is 2.58. The summed E-state index contributed by atoms with van der Waals surface area (Å²) >= 11 is 0. The molecule has 0 bridgehead atoms. The molecule has 2 rings (SSSR count). The van der Waals surface area contributed by atoms with E-state index in [-0.39, 0.29) is 11.4 Å². The number of carbonyl (C=O) groups excluding carboxylic acids is 1. The van der Waals surface area contributed by atoms with Crippen molar-refractivity contribution in [2.24, 2.45) is 7.05 Å². The number of para-hydroxylation sites is 2. The van der Waals surface area contributed by atoms with Gasteiger partial charge in [0.1, 0.15) is 11.9 Å². The topological polar surface area (TPSA) is 99.3 Å². The number of methoxy groups -OCH3 is 1. The lowest BCUT2D eigenvalue weighted by Gasteiger charge is -2.08. The van der Waals surface area contributed by atoms with E-state index in [1.165, 1.54) is 25.0 Å². The largest absolute Gasteiger partial charge is 0.495 e. The van der Waals surface area contributed by atoms with Crippen LogP contribution in [0.4, 0.5) is 11.4 Å². The number of hydrogen-bond donors (Lipinski definition) is 1. The molecule has 0 aliphatic rings. The van der Waals surface area contributed by atoms with E-state index in [1.54, 1.807) is 24.3 Å². The number of aryl methyl sites for hydroxylation is 1. The van der Waals surface area contributed by atoms with Gasteiger partial charge in [0.15, 0.2) is 0 Å². The third-order valence-electron chi connectivity index (χ3n) is 2.58. The number of aromatic nitrogens is 2. The summed E-state index contributed by atoms with van der Waals surface area (Å²) in [5, 5.41) is 17.2. The number of anilines is 1. The van der Waals surface area contributed by atoms with Gasteiger partial charge in [0.2, 0.25) is 5.69 Å². The fourth-order valence-electron chi connectivity index (χ4n) is 1.70. The van der Waals surface area contributed by atoms with E-state index in [0.717, 1.165) is 0 Å². The maximum absolute atomic E-state index is 12.1. The molecule has 20 heavy (non-hydrogen) atoms. The summed E-state index contributed by atoms with van der Waals surface area (Å²) in [5.74, 6) is -0.207. The maximum Gasteiger partial charge on any atom is 0.320 e. The number of nitrogens with one attached hydrogen (secondary N) is 1. The second-order valence-electron chi connectivity index (χ2n) is 3.95. The van der Waals surface area contributed by atoms with Gasteiger partial charge in [-0.2, -0.15) is 5.10 Å². The van der Waals surface area contributed by atoms with Crippen molar-refractivity contribution in [3.8, 4) is 5.75 Å². The molecule has 0 fully saturated rings. The first-order valence-corrected chi connectivity index (χ1v) is 5.65. The van der Waals surface area contributed by atoms with Gasteiger partial charge in [0, 0.05) is 7.05 Å². The molecule has 104 valence electrons. The average molecular weight is 276 g/mol. The van der Waals surface area contributed by atoms with Crippen molar-refractivity contribution in [2.75, 3.05) is 12.4 Å². The third kappa shape index (κ3) is 2.58. The van der Waals surface area contributed by atoms with Crippen LogP contribution in [0.15, 0.2) is 30.5 Å². The molecular weight excluding hydrogens is 264 g/mol. The van der Waals surface area contributed by atoms with Crippen LogP contribution in [0.2, 0.25) is 0 Å². The predicted molar refractivity (Wildman–Crippen MR) is 70.8 cm³/mol. The predicted octanol–water partition coefficient (Wildman–Crippen LogP) is 1.59. The highest BCUT2D eigenvalue weighted by atomic mass is 16.6. The van der Waals surface area contributed by atoms with Gasteiger partial charge in [-0.05, 0) is 12.1 Å². The van der Waals surface area contributed by atoms with E-state index in [2.05, 4.69) is 10.4 Å². The molecule has 0 spiro atoms. The number of rotatable bonds is 4. The Balaban J connectivity index is 2.31. The van der Waals surface area contributed by atoms with Gasteiger partial charge in [0.05, 0.1) is 17.7 Å². The molecule has 8 heteroatoms. The zero-order chi connectivity index (χ0) is 14.7. The Morgan fingerprint density at radius 3 is 2.80 bits per heavy atom. The Hall–Kier alpha value is -2.90. The quantitative estimate of drug-likeness (QED) is 0.675. The molecule has 2 aromatic rings. The van der Waals surface area contributed by atoms with Crippen molar-refractivity contribution in [1.29, 1.82) is 0 Å². The first kappa shape index (κ1) is 13.5. The molecule has 0 saturated heterocycles. The van der Waals surface area contributed by atoms with Crippen LogP contribution in [0.3, 0.4) is 0 Å². The van der Waals surface area contributed by atoms with Gasteiger partial charge in [-0.15, -0.1) is 0 Å². The Labute approximate surface area is 114 Å². The van der Waals surface area contributed by atoms with Crippen molar-refractivity contribution in [3.05, 3.63) is 46.3 Å². The molecule has 1 N–H and O–H groups in total. The zero-order valence-corrected chi connectivity index (χ0v) is 10.9. The Kier molecular flexibility index (Phi) is 3.65. The molecule has 0 atom stereocenters. The van der Waals surface area contributed by atoms with E-state index in [1.807, 2.05) is 0 Å². The molecule has 1 aromatic carbocycles. The summed E-state index contributed by atoms with van der Waals surface area (Å²) < 4.78 is 6.31. The molecular formula is C12H12N4O4. The highest BCUT2D eigenvalue weighted by Gasteiger charge is 2.25. The first-order valence-electron chi connectivity index (χ1n) is 5.65. The second-order valence-corrected chi connectivity index (χ2v) is 3.95. The minimum Gasteiger partial charge on any atom is -0.495 e. The average Bonchev–Trinajstić information content (AvgIpc) is 2.82. The first-order chi connectivity index (χ1) is 9.52. The van der Waals surface area contributed by atoms with Crippen molar-refractivity contribution >= 4 is 17.3 Å². The van der Waals surface area contributed by atoms with Gasteiger partial charge < -0.3 is 10.1 Å². The normalized spacial score (nSPS) is 10.1. The van der Waals surface area contributed by atoms with Crippen LogP contribution in [0.1, 0.15) is 10.5 Å². The van der Waals surface area contributed by atoms with Crippen molar-refractivity contribution in [3.63, 3.8) is 0 Å². The number of nitrogens with zero attached hydrogens (tertiary/aromatic N) is 3. The van der Waals surface area contributed by atoms with E-state index in [4.69, 9.17) is 4.74 Å². The van der Waals surface area contributed by atoms with E-state index in [9.17, 15) is 14.9 Å². The van der Waals surface area contributed by atoms with E-state index in [0.29, 0.717) is 11.4 Å². The van der Waals surface area contributed by atoms with Crippen LogP contribution < -0.4 is 10.1 Å². The summed E-state index contributed by atoms with van der Waals surface area (Å²) in [4.78, 5) is 22.3. The molecule has 0 aliphatic heterocycles. The van der Waals surface area contributed by atoms with E-state index >= 15 is 0 Å². The molecule has 0 saturated carbocycles. The van der Waals surface area contributed by atoms with Gasteiger partial charge >= 0.3 is 5.69 Å². The molecule has 1 aromatic heterocycles. The minimum atomic E-state index is -0.665. The molecule has 1 amide bonds. The van der Waals surface area contributed by atoms with Crippen LogP contribution in [0.25, 0.3) is 0 Å². The monoisotopic (exact) mass is 276 g/mol. The molecule has 0 unspecified atom stereocenters. The minimum absolute atomic E-state index is 0.247. The second kappa shape index (κ2) is 5.39. The van der Waals surface area contributed by atoms with Gasteiger partial charge in [0.25, 0.3) is 5.91 Å². The van der Waals surface area contributed by atoms with Crippen molar-refractivity contribution < 1.29 is 14.5 Å². The Morgan fingerprint density at radius 1 is 1.45 bits per heavy atom. The summed E-state index contributed by atoms with van der Waals surface area (Å²) in [6, 6.07) is 6.76. The molecule has 0 radical (unpaired) electrons. The highest BCUT2D eigenvalue weighted by Crippen LogP contribution is 2.25. The van der Waals surface area contributed by atoms with Crippen molar-refractivity contribution in [2.45, 2.75) is 0 Å². The lowest BCUT2D eigenvalue weighted by Crippen LogP contribution is -2.15. The van der Waals surface area contributed by atoms with Crippen LogP contribution in [0, 0.1) is 10.1 Å². The number of carbonyl (C=O) groups is 1. The number of ether oxygens (including phenoxy) is 1. The SMILES string of the molecule is COc1ccccc1NC(=O)c1nn(C)cc1[N+](=O)[O-]. The Bertz CT molecular complexity index is 665. The standard InChI is InChI=1S/C12H12N4O4/c1-15-7-9(16(18)19)11(14-15)12(17)13-8-5-3-4-6-10(8)20-2/h3-7H,1-2H3,(H,13,17). The summed E-state index contributed by atoms with van der Waals surface area (Å²) in [5.41, 5.74) is -0.178.